The van der Waals surface area contributed by atoms with Gasteiger partial charge in [0, 0.05) is 35.8 Å². The number of ether oxygens (including phenoxy) is 1. The molecule has 0 aliphatic carbocycles. The fourth-order valence-corrected chi connectivity index (χ4v) is 4.43. The van der Waals surface area contributed by atoms with Crippen molar-refractivity contribution in [3.05, 3.63) is 76.4 Å². The maximum atomic E-state index is 12.6. The van der Waals surface area contributed by atoms with Crippen LogP contribution in [-0.4, -0.2) is 16.5 Å². The first kappa shape index (κ1) is 18.8. The topological polar surface area (TPSA) is 65.2 Å². The summed E-state index contributed by atoms with van der Waals surface area (Å²) in [6, 6.07) is 15.4. The smallest absolute Gasteiger partial charge is 0.170 e. The molecule has 0 fully saturated rings. The number of Topliss-reactive ketones (excluding diaryl/α,β-unsaturated/α-hetero) is 1. The van der Waals surface area contributed by atoms with Crippen LogP contribution >= 0.6 is 23.4 Å². The lowest BCUT2D eigenvalue weighted by molar-refractivity contribution is -0.117. The van der Waals surface area contributed by atoms with E-state index >= 15 is 0 Å². The van der Waals surface area contributed by atoms with Crippen LogP contribution < -0.4 is 10.5 Å². The van der Waals surface area contributed by atoms with Crippen LogP contribution in [0, 0.1) is 0 Å². The van der Waals surface area contributed by atoms with Crippen molar-refractivity contribution in [3.63, 3.8) is 0 Å². The summed E-state index contributed by atoms with van der Waals surface area (Å²) in [5, 5.41) is 0.447. The zero-order valence-corrected chi connectivity index (χ0v) is 16.7. The molecule has 0 amide bonds. The van der Waals surface area contributed by atoms with E-state index in [1.165, 1.54) is 16.7 Å². The van der Waals surface area contributed by atoms with Gasteiger partial charge < -0.3 is 10.5 Å². The van der Waals surface area contributed by atoms with Gasteiger partial charge in [0.1, 0.15) is 11.5 Å². The number of hydrogen-bond acceptors (Lipinski definition) is 5. The van der Waals surface area contributed by atoms with Gasteiger partial charge >= 0.3 is 0 Å². The molecule has 0 atom stereocenters. The Hall–Kier alpha value is -2.50. The fourth-order valence-electron chi connectivity index (χ4n) is 3.23. The molecule has 1 aromatic heterocycles. The molecule has 0 saturated heterocycles. The Bertz CT molecular complexity index is 1040. The number of aromatic nitrogens is 1. The molecule has 2 N–H and O–H groups in total. The highest BCUT2D eigenvalue weighted by molar-refractivity contribution is 7.99. The van der Waals surface area contributed by atoms with E-state index in [1.807, 2.05) is 36.0 Å². The second-order valence-corrected chi connectivity index (χ2v) is 8.29. The van der Waals surface area contributed by atoms with Crippen molar-refractivity contribution in [3.8, 4) is 11.5 Å². The zero-order valence-electron chi connectivity index (χ0n) is 15.2. The van der Waals surface area contributed by atoms with Gasteiger partial charge in [0.05, 0.1) is 5.02 Å². The van der Waals surface area contributed by atoms with Crippen LogP contribution in [0.5, 0.6) is 11.5 Å². The molecule has 0 radical (unpaired) electrons. The quantitative estimate of drug-likeness (QED) is 0.611. The summed E-state index contributed by atoms with van der Waals surface area (Å²) in [4.78, 5) is 17.9. The lowest BCUT2D eigenvalue weighted by atomic mass is 10.0. The van der Waals surface area contributed by atoms with Crippen molar-refractivity contribution in [1.29, 1.82) is 0 Å². The van der Waals surface area contributed by atoms with E-state index in [4.69, 9.17) is 22.1 Å². The molecule has 2 aromatic carbocycles. The number of ketones is 1. The predicted molar refractivity (Wildman–Crippen MR) is 113 cm³/mol. The Morgan fingerprint density at radius 1 is 1.14 bits per heavy atom. The lowest BCUT2D eigenvalue weighted by Crippen LogP contribution is -2.07. The Balaban J connectivity index is 1.43. The van der Waals surface area contributed by atoms with E-state index < -0.39 is 0 Å². The number of benzene rings is 2. The number of hydrogen-bond donors (Lipinski definition) is 1. The SMILES string of the molecule is Nc1ncc(Cl)cc1Oc1cccc(CC(=O)Cc2ccc3c(c2)CCS3)c1. The van der Waals surface area contributed by atoms with Crippen LogP contribution in [0.2, 0.25) is 5.02 Å². The van der Waals surface area contributed by atoms with Crippen LogP contribution in [-0.2, 0) is 24.1 Å². The monoisotopic (exact) mass is 410 g/mol. The number of aryl methyl sites for hydroxylation is 1. The Morgan fingerprint density at radius 2 is 1.96 bits per heavy atom. The van der Waals surface area contributed by atoms with Crippen molar-refractivity contribution >= 4 is 35.0 Å². The maximum absolute atomic E-state index is 12.6. The van der Waals surface area contributed by atoms with Crippen molar-refractivity contribution in [1.82, 2.24) is 4.98 Å². The van der Waals surface area contributed by atoms with Gasteiger partial charge in [-0.05, 0) is 41.3 Å². The van der Waals surface area contributed by atoms with Gasteiger partial charge in [0.25, 0.3) is 0 Å². The molecule has 142 valence electrons. The minimum Gasteiger partial charge on any atom is -0.453 e. The van der Waals surface area contributed by atoms with E-state index in [2.05, 4.69) is 23.2 Å². The zero-order chi connectivity index (χ0) is 19.5. The molecule has 1 aliphatic heterocycles. The second kappa shape index (κ2) is 8.25. The molecule has 2 heterocycles. The third kappa shape index (κ3) is 4.49. The third-order valence-corrected chi connectivity index (χ3v) is 5.86. The molecule has 0 spiro atoms. The first-order valence-electron chi connectivity index (χ1n) is 9.01. The third-order valence-electron chi connectivity index (χ3n) is 4.53. The van der Waals surface area contributed by atoms with Gasteiger partial charge in [0.2, 0.25) is 0 Å². The van der Waals surface area contributed by atoms with Crippen LogP contribution in [0.4, 0.5) is 5.82 Å². The number of nitrogens with zero attached hydrogens (tertiary/aromatic N) is 1. The minimum absolute atomic E-state index is 0.173. The van der Waals surface area contributed by atoms with Gasteiger partial charge in [-0.25, -0.2) is 4.98 Å². The number of pyridine rings is 1. The van der Waals surface area contributed by atoms with E-state index in [0.29, 0.717) is 29.4 Å². The number of carbonyl (C=O) groups excluding carboxylic acids is 1. The summed E-state index contributed by atoms with van der Waals surface area (Å²) < 4.78 is 5.80. The number of nitrogen functional groups attached to an aromatic ring is 1. The van der Waals surface area contributed by atoms with Crippen LogP contribution in [0.15, 0.2) is 59.6 Å². The van der Waals surface area contributed by atoms with Gasteiger partial charge in [-0.3, -0.25) is 4.79 Å². The number of nitrogens with two attached hydrogens (primary N) is 1. The summed E-state index contributed by atoms with van der Waals surface area (Å²) in [7, 11) is 0. The number of halogens is 1. The molecule has 0 bridgehead atoms. The summed E-state index contributed by atoms with van der Waals surface area (Å²) in [6.45, 7) is 0. The van der Waals surface area contributed by atoms with E-state index in [-0.39, 0.29) is 11.6 Å². The van der Waals surface area contributed by atoms with E-state index in [1.54, 1.807) is 6.07 Å². The summed E-state index contributed by atoms with van der Waals surface area (Å²) >= 11 is 7.83. The van der Waals surface area contributed by atoms with Crippen LogP contribution in [0.25, 0.3) is 0 Å². The first-order valence-corrected chi connectivity index (χ1v) is 10.4. The number of anilines is 1. The molecule has 6 heteroatoms. The Morgan fingerprint density at radius 3 is 2.82 bits per heavy atom. The highest BCUT2D eigenvalue weighted by atomic mass is 35.5. The normalized spacial score (nSPS) is 12.6. The molecular weight excluding hydrogens is 392 g/mol. The maximum Gasteiger partial charge on any atom is 0.170 e. The van der Waals surface area contributed by atoms with Gasteiger partial charge in [0.15, 0.2) is 11.6 Å². The predicted octanol–water partition coefficient (Wildman–Crippen LogP) is 5.11. The Labute approximate surface area is 173 Å². The average molecular weight is 411 g/mol. The van der Waals surface area contributed by atoms with Crippen molar-refractivity contribution in [2.24, 2.45) is 0 Å². The molecule has 0 unspecified atom stereocenters. The highest BCUT2D eigenvalue weighted by Gasteiger charge is 2.13. The number of carbonyl (C=O) groups is 1. The molecule has 3 aromatic rings. The van der Waals surface area contributed by atoms with Crippen LogP contribution in [0.1, 0.15) is 16.7 Å². The highest BCUT2D eigenvalue weighted by Crippen LogP contribution is 2.32. The molecule has 4 nitrogen and oxygen atoms in total. The minimum atomic E-state index is 0.173. The van der Waals surface area contributed by atoms with Crippen LogP contribution in [0.3, 0.4) is 0 Å². The lowest BCUT2D eigenvalue weighted by Gasteiger charge is -2.09. The molecule has 4 rings (SSSR count). The van der Waals surface area contributed by atoms with E-state index in [0.717, 1.165) is 23.3 Å². The van der Waals surface area contributed by atoms with Crippen molar-refractivity contribution in [2.75, 3.05) is 11.5 Å². The number of rotatable bonds is 6. The molecule has 0 saturated carbocycles. The fraction of sp³-hybridized carbons (Fsp3) is 0.182. The summed E-state index contributed by atoms with van der Waals surface area (Å²) in [5.74, 6) is 2.56. The standard InChI is InChI=1S/C22H19ClN2O2S/c23-17-12-20(22(24)25-13-17)27-19-3-1-2-14(11-19)9-18(26)10-15-4-5-21-16(8-15)6-7-28-21/h1-5,8,11-13H,6-7,9-10H2,(H2,24,25). The Kier molecular flexibility index (Phi) is 5.55. The number of thioether (sulfide) groups is 1. The first-order chi connectivity index (χ1) is 13.6. The summed E-state index contributed by atoms with van der Waals surface area (Å²) in [6.07, 6.45) is 3.35. The van der Waals surface area contributed by atoms with Gasteiger partial charge in [-0.2, -0.15) is 0 Å². The summed E-state index contributed by atoms with van der Waals surface area (Å²) in [5.41, 5.74) is 9.17. The van der Waals surface area contributed by atoms with Gasteiger partial charge in [-0.15, -0.1) is 11.8 Å². The largest absolute Gasteiger partial charge is 0.453 e. The second-order valence-electron chi connectivity index (χ2n) is 6.72. The molecular formula is C22H19ClN2O2S. The molecule has 1 aliphatic rings. The average Bonchev–Trinajstić information content (AvgIpc) is 3.13. The molecule has 28 heavy (non-hydrogen) atoms. The van der Waals surface area contributed by atoms with E-state index in [9.17, 15) is 4.79 Å². The van der Waals surface area contributed by atoms with Crippen molar-refractivity contribution < 1.29 is 9.53 Å². The number of fused-ring (bicyclic) bond motifs is 1. The van der Waals surface area contributed by atoms with Gasteiger partial charge in [-0.1, -0.05) is 35.9 Å². The van der Waals surface area contributed by atoms with Crippen molar-refractivity contribution in [2.45, 2.75) is 24.2 Å².